The van der Waals surface area contributed by atoms with Gasteiger partial charge in [-0.1, -0.05) is 11.8 Å². The van der Waals surface area contributed by atoms with Crippen LogP contribution in [0.5, 0.6) is 0 Å². The van der Waals surface area contributed by atoms with Gasteiger partial charge in [-0.15, -0.1) is 0 Å². The van der Waals surface area contributed by atoms with Crippen molar-refractivity contribution in [3.05, 3.63) is 50.7 Å². The first-order valence-corrected chi connectivity index (χ1v) is 6.53. The zero-order valence-electron chi connectivity index (χ0n) is 9.20. The Kier molecular flexibility index (Phi) is 3.91. The molecule has 0 aliphatic carbocycles. The zero-order valence-corrected chi connectivity index (χ0v) is 11.6. The average Bonchev–Trinajstić information content (AvgIpc) is 2.80. The fraction of sp³-hybridized carbons (Fsp3) is 0. The Labute approximate surface area is 119 Å². The van der Waals surface area contributed by atoms with Crippen LogP contribution in [0.25, 0.3) is 0 Å². The molecule has 0 fully saturated rings. The van der Waals surface area contributed by atoms with E-state index in [2.05, 4.69) is 15.9 Å². The molecule has 6 nitrogen and oxygen atoms in total. The summed E-state index contributed by atoms with van der Waals surface area (Å²) in [5, 5.41) is 19.7. The second-order valence-electron chi connectivity index (χ2n) is 3.40. The Morgan fingerprint density at radius 3 is 2.63 bits per heavy atom. The van der Waals surface area contributed by atoms with Gasteiger partial charge in [0, 0.05) is 21.5 Å². The topological polar surface area (TPSA) is 93.6 Å². The van der Waals surface area contributed by atoms with Gasteiger partial charge in [0.05, 0.1) is 4.92 Å². The minimum atomic E-state index is -1.14. The molecule has 1 aromatic heterocycles. The van der Waals surface area contributed by atoms with Crippen LogP contribution in [0.3, 0.4) is 0 Å². The fourth-order valence-electron chi connectivity index (χ4n) is 1.28. The van der Waals surface area contributed by atoms with E-state index in [4.69, 9.17) is 9.52 Å². The Morgan fingerprint density at radius 2 is 2.11 bits per heavy atom. The maximum absolute atomic E-state index is 10.7. The van der Waals surface area contributed by atoms with Crippen LogP contribution in [0.15, 0.2) is 49.2 Å². The molecular weight excluding hydrogens is 338 g/mol. The molecule has 0 saturated heterocycles. The predicted molar refractivity (Wildman–Crippen MR) is 70.6 cm³/mol. The van der Waals surface area contributed by atoms with Crippen LogP contribution < -0.4 is 0 Å². The number of nitro benzene ring substituents is 1. The summed E-state index contributed by atoms with van der Waals surface area (Å²) in [7, 11) is 0. The summed E-state index contributed by atoms with van der Waals surface area (Å²) in [6, 6.07) is 7.19. The number of halogens is 1. The molecule has 0 radical (unpaired) electrons. The molecule has 98 valence electrons. The molecule has 2 aromatic rings. The number of nitrogens with zero attached hydrogens (tertiary/aromatic N) is 1. The third-order valence-corrected chi connectivity index (χ3v) is 4.04. The highest BCUT2D eigenvalue weighted by Gasteiger charge is 2.13. The van der Waals surface area contributed by atoms with Crippen LogP contribution >= 0.6 is 27.7 Å². The summed E-state index contributed by atoms with van der Waals surface area (Å²) in [4.78, 5) is 21.5. The van der Waals surface area contributed by atoms with Crippen LogP contribution in [0.1, 0.15) is 10.6 Å². The van der Waals surface area contributed by atoms with Crippen LogP contribution in [0.4, 0.5) is 5.69 Å². The van der Waals surface area contributed by atoms with Crippen molar-refractivity contribution in [2.45, 2.75) is 9.99 Å². The first kappa shape index (κ1) is 13.6. The largest absolute Gasteiger partial charge is 0.475 e. The molecule has 0 amide bonds. The summed E-state index contributed by atoms with van der Waals surface area (Å²) in [5.41, 5.74) is -0.0260. The maximum Gasteiger partial charge on any atom is 0.371 e. The van der Waals surface area contributed by atoms with Gasteiger partial charge in [0.25, 0.3) is 5.69 Å². The molecule has 0 saturated carbocycles. The first-order valence-electron chi connectivity index (χ1n) is 4.92. The van der Waals surface area contributed by atoms with Crippen molar-refractivity contribution in [3.8, 4) is 0 Å². The summed E-state index contributed by atoms with van der Waals surface area (Å²) < 4.78 is 5.63. The quantitative estimate of drug-likeness (QED) is 0.670. The minimum Gasteiger partial charge on any atom is -0.475 e. The minimum absolute atomic E-state index is 0.0260. The van der Waals surface area contributed by atoms with E-state index in [0.717, 1.165) is 0 Å². The lowest BCUT2D eigenvalue weighted by Crippen LogP contribution is -1.91. The molecule has 2 rings (SSSR count). The van der Waals surface area contributed by atoms with Crippen LogP contribution in [-0.4, -0.2) is 16.0 Å². The highest BCUT2D eigenvalue weighted by Crippen LogP contribution is 2.36. The van der Waals surface area contributed by atoms with Gasteiger partial charge in [-0.25, -0.2) is 4.79 Å². The summed E-state index contributed by atoms with van der Waals surface area (Å²) >= 11 is 4.40. The van der Waals surface area contributed by atoms with E-state index >= 15 is 0 Å². The Morgan fingerprint density at radius 1 is 1.37 bits per heavy atom. The molecular formula is C11H6BrNO5S. The molecule has 1 aromatic carbocycles. The van der Waals surface area contributed by atoms with E-state index in [9.17, 15) is 14.9 Å². The van der Waals surface area contributed by atoms with Gasteiger partial charge >= 0.3 is 5.97 Å². The lowest BCUT2D eigenvalue weighted by atomic mass is 10.3. The number of aromatic carboxylic acids is 1. The van der Waals surface area contributed by atoms with Crippen LogP contribution in [0.2, 0.25) is 0 Å². The summed E-state index contributed by atoms with van der Waals surface area (Å²) in [6.07, 6.45) is 0. The molecule has 19 heavy (non-hydrogen) atoms. The number of furan rings is 1. The summed E-state index contributed by atoms with van der Waals surface area (Å²) in [5.74, 6) is -1.30. The van der Waals surface area contributed by atoms with E-state index in [-0.39, 0.29) is 11.4 Å². The van der Waals surface area contributed by atoms with E-state index in [1.807, 2.05) is 0 Å². The molecule has 0 spiro atoms. The van der Waals surface area contributed by atoms with Crippen molar-refractivity contribution in [2.75, 3.05) is 0 Å². The van der Waals surface area contributed by atoms with Gasteiger partial charge in [-0.2, -0.15) is 0 Å². The Balaban J connectivity index is 2.23. The number of rotatable bonds is 4. The fourth-order valence-corrected chi connectivity index (χ4v) is 2.67. The third-order valence-electron chi connectivity index (χ3n) is 2.13. The lowest BCUT2D eigenvalue weighted by Gasteiger charge is -2.01. The van der Waals surface area contributed by atoms with E-state index in [1.54, 1.807) is 6.07 Å². The number of carboxylic acids is 1. The van der Waals surface area contributed by atoms with Crippen LogP contribution in [0, 0.1) is 10.1 Å². The number of benzene rings is 1. The second-order valence-corrected chi connectivity index (χ2v) is 5.30. The maximum atomic E-state index is 10.7. The number of non-ortho nitro benzene ring substituents is 1. The van der Waals surface area contributed by atoms with E-state index in [1.165, 1.54) is 36.0 Å². The zero-order chi connectivity index (χ0) is 14.0. The van der Waals surface area contributed by atoms with E-state index < -0.39 is 10.9 Å². The van der Waals surface area contributed by atoms with Crippen molar-refractivity contribution in [2.24, 2.45) is 0 Å². The monoisotopic (exact) mass is 343 g/mol. The molecule has 0 unspecified atom stereocenters. The van der Waals surface area contributed by atoms with Crippen molar-refractivity contribution in [3.63, 3.8) is 0 Å². The van der Waals surface area contributed by atoms with Gasteiger partial charge < -0.3 is 9.52 Å². The number of carboxylic acid groups (broad SMARTS) is 1. The standard InChI is InChI=1S/C11H6BrNO5S/c12-7-5-6(13(16)17)1-3-9(7)19-10-4-2-8(18-10)11(14)15/h1-5H,(H,14,15). The summed E-state index contributed by atoms with van der Waals surface area (Å²) in [6.45, 7) is 0. The van der Waals surface area contributed by atoms with Crippen LogP contribution in [-0.2, 0) is 0 Å². The van der Waals surface area contributed by atoms with Gasteiger partial charge in [-0.3, -0.25) is 10.1 Å². The smallest absolute Gasteiger partial charge is 0.371 e. The predicted octanol–water partition coefficient (Wildman–Crippen LogP) is 3.80. The normalized spacial score (nSPS) is 10.4. The Bertz CT molecular complexity index is 654. The van der Waals surface area contributed by atoms with Crippen molar-refractivity contribution in [1.29, 1.82) is 0 Å². The van der Waals surface area contributed by atoms with Gasteiger partial charge in [0.15, 0.2) is 5.09 Å². The highest BCUT2D eigenvalue weighted by atomic mass is 79.9. The molecule has 0 atom stereocenters. The molecule has 8 heteroatoms. The number of nitro groups is 1. The van der Waals surface area contributed by atoms with Crippen molar-refractivity contribution in [1.82, 2.24) is 0 Å². The molecule has 0 aliphatic heterocycles. The van der Waals surface area contributed by atoms with Gasteiger partial charge in [0.2, 0.25) is 5.76 Å². The SMILES string of the molecule is O=C(O)c1ccc(Sc2ccc([N+](=O)[O-])cc2Br)o1. The number of hydrogen-bond acceptors (Lipinski definition) is 5. The molecule has 0 aliphatic rings. The van der Waals surface area contributed by atoms with E-state index in [0.29, 0.717) is 14.5 Å². The Hall–Kier alpha value is -1.80. The highest BCUT2D eigenvalue weighted by molar-refractivity contribution is 9.10. The van der Waals surface area contributed by atoms with Gasteiger partial charge in [-0.05, 0) is 34.1 Å². The molecule has 0 bridgehead atoms. The van der Waals surface area contributed by atoms with Gasteiger partial charge in [0.1, 0.15) is 0 Å². The molecule has 1 N–H and O–H groups in total. The average molecular weight is 344 g/mol. The number of hydrogen-bond donors (Lipinski definition) is 1. The molecule has 1 heterocycles. The third kappa shape index (κ3) is 3.15. The first-order chi connectivity index (χ1) is 8.97. The lowest BCUT2D eigenvalue weighted by molar-refractivity contribution is -0.385. The van der Waals surface area contributed by atoms with Crippen molar-refractivity contribution < 1.29 is 19.2 Å². The van der Waals surface area contributed by atoms with Crippen molar-refractivity contribution >= 4 is 39.3 Å². The number of carbonyl (C=O) groups is 1. The second kappa shape index (κ2) is 5.45.